The quantitative estimate of drug-likeness (QED) is 0.214. The van der Waals surface area contributed by atoms with Gasteiger partial charge in [0.1, 0.15) is 12.2 Å². The van der Waals surface area contributed by atoms with E-state index in [-0.39, 0.29) is 25.4 Å². The molecule has 3 aromatic rings. The molecular weight excluding hydrogens is 574 g/mol. The zero-order valence-electron chi connectivity index (χ0n) is 24.4. The van der Waals surface area contributed by atoms with Crippen molar-refractivity contribution in [1.29, 1.82) is 0 Å². The maximum atomic E-state index is 14.2. The number of carboxylic acids is 1. The van der Waals surface area contributed by atoms with E-state index in [0.29, 0.717) is 44.5 Å². The van der Waals surface area contributed by atoms with Crippen molar-refractivity contribution >= 4 is 41.0 Å². The Labute approximate surface area is 255 Å². The molecule has 2 atom stereocenters. The monoisotopic (exact) mass is 607 g/mol. The lowest BCUT2D eigenvalue weighted by molar-refractivity contribution is -0.132. The average molecular weight is 608 g/mol. The maximum absolute atomic E-state index is 14.2. The summed E-state index contributed by atoms with van der Waals surface area (Å²) >= 11 is 6.47. The van der Waals surface area contributed by atoms with E-state index in [1.54, 1.807) is 65.6 Å². The predicted octanol–water partition coefficient (Wildman–Crippen LogP) is 5.57. The second kappa shape index (κ2) is 13.4. The number of hydrogen-bond donors (Lipinski definition) is 2. The molecule has 226 valence electrons. The molecule has 0 unspecified atom stereocenters. The van der Waals surface area contributed by atoms with E-state index in [0.717, 1.165) is 6.08 Å². The molecule has 10 heteroatoms. The first-order chi connectivity index (χ1) is 20.5. The summed E-state index contributed by atoms with van der Waals surface area (Å²) in [6.07, 6.45) is 0.0776. The lowest BCUT2D eigenvalue weighted by Gasteiger charge is -2.32. The fourth-order valence-corrected chi connectivity index (χ4v) is 5.12. The molecule has 9 nitrogen and oxygen atoms in total. The summed E-state index contributed by atoms with van der Waals surface area (Å²) in [5.41, 5.74) is 1.98. The standard InChI is InChI=1S/C33H34ClNO8/c1-33(2,19-36)18-35-25-14-13-22(34)16-24(25)30(23-6-5-7-27(41-3)31(23)42-4)43-28(32(35)40)17-26(37)21-11-8-20(9-12-21)10-15-29(38)39/h5-16,28,30,36H,17-19H2,1-4H3,(H,38,39)/t28-,30-/m1/s1. The van der Waals surface area contributed by atoms with E-state index in [9.17, 15) is 19.5 Å². The van der Waals surface area contributed by atoms with Crippen molar-refractivity contribution < 1.29 is 38.8 Å². The van der Waals surface area contributed by atoms with Gasteiger partial charge in [-0.25, -0.2) is 4.79 Å². The van der Waals surface area contributed by atoms with Crippen LogP contribution in [-0.4, -0.2) is 61.3 Å². The number of aliphatic hydroxyl groups is 1. The molecule has 0 aromatic heterocycles. The van der Waals surface area contributed by atoms with Gasteiger partial charge in [0.15, 0.2) is 17.3 Å². The maximum Gasteiger partial charge on any atom is 0.328 e. The molecule has 0 radical (unpaired) electrons. The number of hydrogen-bond acceptors (Lipinski definition) is 7. The molecule has 1 aliphatic rings. The SMILES string of the molecule is COc1cccc([C@H]2O[C@H](CC(=O)c3ccc(C=CC(=O)O)cc3)C(=O)N(CC(C)(C)CO)c3ccc(Cl)cc32)c1OC. The predicted molar refractivity (Wildman–Crippen MR) is 163 cm³/mol. The second-order valence-corrected chi connectivity index (χ2v) is 11.4. The summed E-state index contributed by atoms with van der Waals surface area (Å²) in [6.45, 7) is 3.65. The normalized spacial score (nSPS) is 17.0. The summed E-state index contributed by atoms with van der Waals surface area (Å²) in [5, 5.41) is 19.4. The number of Topliss-reactive ketones (excluding diaryl/α,β-unsaturated/α-hetero) is 1. The number of ether oxygens (including phenoxy) is 3. The van der Waals surface area contributed by atoms with E-state index in [4.69, 9.17) is 30.9 Å². The van der Waals surface area contributed by atoms with Gasteiger partial charge in [0.2, 0.25) is 0 Å². The fourth-order valence-electron chi connectivity index (χ4n) is 4.94. The van der Waals surface area contributed by atoms with E-state index in [1.807, 2.05) is 13.8 Å². The number of benzene rings is 3. The molecule has 0 saturated heterocycles. The minimum absolute atomic E-state index is 0.150. The van der Waals surface area contributed by atoms with Crippen molar-refractivity contribution in [3.05, 3.63) is 94.0 Å². The summed E-state index contributed by atoms with van der Waals surface area (Å²) in [6, 6.07) is 16.9. The van der Waals surface area contributed by atoms with Crippen LogP contribution in [0, 0.1) is 5.41 Å². The largest absolute Gasteiger partial charge is 0.493 e. The van der Waals surface area contributed by atoms with Gasteiger partial charge in [0.05, 0.1) is 14.2 Å². The van der Waals surface area contributed by atoms with Crippen LogP contribution >= 0.6 is 11.6 Å². The van der Waals surface area contributed by atoms with Crippen LogP contribution in [0.2, 0.25) is 5.02 Å². The van der Waals surface area contributed by atoms with Crippen LogP contribution in [0.1, 0.15) is 53.4 Å². The van der Waals surface area contributed by atoms with Crippen molar-refractivity contribution in [3.63, 3.8) is 0 Å². The highest BCUT2D eigenvalue weighted by Gasteiger charge is 2.40. The third-order valence-corrected chi connectivity index (χ3v) is 7.39. The van der Waals surface area contributed by atoms with Crippen LogP contribution in [0.5, 0.6) is 11.5 Å². The molecular formula is C33H34ClNO8. The minimum atomic E-state index is -1.21. The number of anilines is 1. The van der Waals surface area contributed by atoms with Crippen molar-refractivity contribution in [2.75, 3.05) is 32.3 Å². The molecule has 4 rings (SSSR count). The second-order valence-electron chi connectivity index (χ2n) is 11.0. The highest BCUT2D eigenvalue weighted by atomic mass is 35.5. The van der Waals surface area contributed by atoms with Gasteiger partial charge in [0.25, 0.3) is 5.91 Å². The van der Waals surface area contributed by atoms with Gasteiger partial charge in [-0.05, 0) is 35.9 Å². The summed E-state index contributed by atoms with van der Waals surface area (Å²) in [7, 11) is 3.03. The van der Waals surface area contributed by atoms with Crippen molar-refractivity contribution in [2.24, 2.45) is 5.41 Å². The summed E-state index contributed by atoms with van der Waals surface area (Å²) in [5.74, 6) is -0.987. The van der Waals surface area contributed by atoms with Gasteiger partial charge in [-0.15, -0.1) is 0 Å². The van der Waals surface area contributed by atoms with Crippen LogP contribution in [-0.2, 0) is 14.3 Å². The van der Waals surface area contributed by atoms with Gasteiger partial charge < -0.3 is 29.3 Å². The number of nitrogens with zero attached hydrogens (tertiary/aromatic N) is 1. The van der Waals surface area contributed by atoms with Gasteiger partial charge >= 0.3 is 5.97 Å². The Morgan fingerprint density at radius 2 is 1.77 bits per heavy atom. The van der Waals surface area contributed by atoms with Gasteiger partial charge in [0, 0.05) is 58.5 Å². The molecule has 0 bridgehead atoms. The Morgan fingerprint density at radius 1 is 1.05 bits per heavy atom. The molecule has 1 amide bonds. The van der Waals surface area contributed by atoms with E-state index in [2.05, 4.69) is 0 Å². The number of ketones is 1. The summed E-state index contributed by atoms with van der Waals surface area (Å²) in [4.78, 5) is 40.1. The highest BCUT2D eigenvalue weighted by molar-refractivity contribution is 6.30. The molecule has 0 fully saturated rings. The molecule has 1 aliphatic heterocycles. The van der Waals surface area contributed by atoms with Crippen molar-refractivity contribution in [3.8, 4) is 11.5 Å². The zero-order chi connectivity index (χ0) is 31.3. The van der Waals surface area contributed by atoms with Crippen molar-refractivity contribution in [1.82, 2.24) is 0 Å². The third-order valence-electron chi connectivity index (χ3n) is 7.16. The fraction of sp³-hybridized carbons (Fsp3) is 0.303. The van der Waals surface area contributed by atoms with Crippen LogP contribution in [0.25, 0.3) is 6.08 Å². The smallest absolute Gasteiger partial charge is 0.328 e. The van der Waals surface area contributed by atoms with Crippen LogP contribution in [0.3, 0.4) is 0 Å². The van der Waals surface area contributed by atoms with Crippen LogP contribution in [0.4, 0.5) is 5.69 Å². The number of aliphatic hydroxyl groups excluding tert-OH is 1. The minimum Gasteiger partial charge on any atom is -0.493 e. The number of carboxylic acid groups (broad SMARTS) is 1. The Hall–Kier alpha value is -4.18. The Balaban J connectivity index is 1.81. The Kier molecular flexibility index (Phi) is 9.91. The molecule has 43 heavy (non-hydrogen) atoms. The number of methoxy groups -OCH3 is 2. The number of halogens is 1. The number of carbonyl (C=O) groups is 3. The van der Waals surface area contributed by atoms with Gasteiger partial charge in [-0.2, -0.15) is 0 Å². The van der Waals surface area contributed by atoms with E-state index in [1.165, 1.54) is 20.3 Å². The topological polar surface area (TPSA) is 123 Å². The number of fused-ring (bicyclic) bond motifs is 1. The molecule has 1 heterocycles. The lowest BCUT2D eigenvalue weighted by atomic mass is 9.92. The molecule has 0 aliphatic carbocycles. The van der Waals surface area contributed by atoms with Gasteiger partial charge in [-0.3, -0.25) is 9.59 Å². The number of amides is 1. The lowest BCUT2D eigenvalue weighted by Crippen LogP contribution is -2.45. The number of carbonyl (C=O) groups excluding carboxylic acids is 2. The van der Waals surface area contributed by atoms with Crippen LogP contribution in [0.15, 0.2) is 66.7 Å². The molecule has 2 N–H and O–H groups in total. The zero-order valence-corrected chi connectivity index (χ0v) is 25.1. The Morgan fingerprint density at radius 3 is 2.40 bits per heavy atom. The highest BCUT2D eigenvalue weighted by Crippen LogP contribution is 2.45. The third kappa shape index (κ3) is 7.25. The molecule has 3 aromatic carbocycles. The Bertz CT molecular complexity index is 1530. The van der Waals surface area contributed by atoms with Gasteiger partial charge in [-0.1, -0.05) is 61.8 Å². The van der Waals surface area contributed by atoms with Crippen molar-refractivity contribution in [2.45, 2.75) is 32.5 Å². The van der Waals surface area contributed by atoms with Crippen LogP contribution < -0.4 is 14.4 Å². The average Bonchev–Trinajstić information content (AvgIpc) is 3.09. The number of aliphatic carboxylic acids is 1. The summed E-state index contributed by atoms with van der Waals surface area (Å²) < 4.78 is 17.8. The first-order valence-corrected chi connectivity index (χ1v) is 14.0. The van der Waals surface area contributed by atoms with E-state index >= 15 is 0 Å². The number of rotatable bonds is 11. The van der Waals surface area contributed by atoms with E-state index < -0.39 is 29.5 Å². The first kappa shape index (κ1) is 31.7. The first-order valence-electron chi connectivity index (χ1n) is 13.6. The molecule has 0 spiro atoms. The number of para-hydroxylation sites is 1. The molecule has 0 saturated carbocycles.